The first-order valence-electron chi connectivity index (χ1n) is 13.4. The van der Waals surface area contributed by atoms with Gasteiger partial charge in [0, 0.05) is 22.9 Å². The van der Waals surface area contributed by atoms with Crippen molar-refractivity contribution in [3.05, 3.63) is 84.8 Å². The molecule has 0 aliphatic carbocycles. The van der Waals surface area contributed by atoms with Crippen molar-refractivity contribution >= 4 is 39.5 Å². The van der Waals surface area contributed by atoms with Crippen LogP contribution in [0.4, 0.5) is 5.69 Å². The maximum absolute atomic E-state index is 11.4. The van der Waals surface area contributed by atoms with Gasteiger partial charge in [-0.1, -0.05) is 36.7 Å². The number of rotatable bonds is 13. The Morgan fingerprint density at radius 3 is 2.53 bits per heavy atom. The molecule has 1 N–H and O–H groups in total. The number of aliphatic carboxylic acids is 1. The molecular weight excluding hydrogens is 601 g/mol. The van der Waals surface area contributed by atoms with Gasteiger partial charge in [0.25, 0.3) is 0 Å². The number of carboxylic acids is 1. The fraction of sp³-hybridized carbons (Fsp3) is 0.387. The number of nitrogens with zero attached hydrogens (tertiary/aromatic N) is 1. The second kappa shape index (κ2) is 17.6. The van der Waals surface area contributed by atoms with Gasteiger partial charge >= 0.3 is 35.5 Å². The van der Waals surface area contributed by atoms with Crippen LogP contribution in [0.2, 0.25) is 0 Å². The minimum atomic E-state index is -4.54. The van der Waals surface area contributed by atoms with Gasteiger partial charge in [0.2, 0.25) is 5.69 Å². The van der Waals surface area contributed by atoms with Crippen molar-refractivity contribution in [1.82, 2.24) is 0 Å². The van der Waals surface area contributed by atoms with Crippen molar-refractivity contribution in [2.24, 2.45) is 0 Å². The average Bonchev–Trinajstić information content (AvgIpc) is 3.14. The zero-order valence-electron chi connectivity index (χ0n) is 25.5. The Hall–Kier alpha value is -1.80. The van der Waals surface area contributed by atoms with Crippen LogP contribution in [0, 0.1) is 19.1 Å². The number of hydrogen-bond acceptors (Lipinski definition) is 8. The van der Waals surface area contributed by atoms with Gasteiger partial charge < -0.3 is 21.8 Å². The quantitative estimate of drug-likeness (QED) is 0.0403. The Bertz CT molecular complexity index is 1430. The fourth-order valence-electron chi connectivity index (χ4n) is 4.49. The van der Waals surface area contributed by atoms with Crippen molar-refractivity contribution in [3.63, 3.8) is 0 Å². The van der Waals surface area contributed by atoms with E-state index in [0.717, 1.165) is 59.7 Å². The van der Waals surface area contributed by atoms with Gasteiger partial charge in [0.1, 0.15) is 16.7 Å². The smallest absolute Gasteiger partial charge is 0.746 e. The SMILES string of the molecule is CC[N+]1=C(/C=C/C=[C-]C(C)(C)c2[c-]ccc(S(=O)(=O)[O-])c2)C(C)(C)c2cc(SOO[O-])ccc21.[CH2-]CCCCC(=O)O.[Na+]. The second-order valence-corrected chi connectivity index (χ2v) is 12.7. The van der Waals surface area contributed by atoms with E-state index >= 15 is 0 Å². The van der Waals surface area contributed by atoms with Gasteiger partial charge in [-0.3, -0.25) is 15.9 Å². The Labute approximate surface area is 281 Å². The normalized spacial score (nSPS) is 14.4. The van der Waals surface area contributed by atoms with E-state index in [0.29, 0.717) is 5.56 Å². The van der Waals surface area contributed by atoms with E-state index in [1.165, 1.54) is 18.2 Å². The molecule has 9 nitrogen and oxygen atoms in total. The molecule has 12 heteroatoms. The zero-order chi connectivity index (χ0) is 31.6. The van der Waals surface area contributed by atoms with E-state index < -0.39 is 21.5 Å². The minimum Gasteiger partial charge on any atom is -0.746 e. The molecule has 0 saturated heterocycles. The number of fused-ring (bicyclic) bond motifs is 1. The van der Waals surface area contributed by atoms with Gasteiger partial charge in [-0.05, 0) is 39.3 Å². The van der Waals surface area contributed by atoms with Crippen LogP contribution in [0.25, 0.3) is 0 Å². The van der Waals surface area contributed by atoms with Gasteiger partial charge in [-0.15, -0.1) is 0 Å². The number of carbonyl (C=O) groups is 1. The van der Waals surface area contributed by atoms with E-state index in [-0.39, 0.29) is 46.3 Å². The second-order valence-electron chi connectivity index (χ2n) is 10.5. The molecule has 0 amide bonds. The molecule has 0 fully saturated rings. The van der Waals surface area contributed by atoms with Crippen LogP contribution in [0.1, 0.15) is 71.4 Å². The van der Waals surface area contributed by atoms with Gasteiger partial charge in [-0.2, -0.15) is 45.2 Å². The molecule has 0 spiro atoms. The minimum absolute atomic E-state index is 0. The molecule has 0 aromatic heterocycles. The first kappa shape index (κ1) is 39.2. The summed E-state index contributed by atoms with van der Waals surface area (Å²) in [4.78, 5) is 10.3. The van der Waals surface area contributed by atoms with Gasteiger partial charge in [-0.25, -0.2) is 20.6 Å². The number of carboxylic acid groups (broad SMARTS) is 1. The number of allylic oxidation sites excluding steroid dienone is 4. The van der Waals surface area contributed by atoms with Crippen LogP contribution in [-0.4, -0.2) is 40.9 Å². The topological polar surface area (TPSA) is 139 Å². The van der Waals surface area contributed by atoms with Crippen molar-refractivity contribution in [3.8, 4) is 0 Å². The monoisotopic (exact) mass is 638 g/mol. The molecule has 43 heavy (non-hydrogen) atoms. The van der Waals surface area contributed by atoms with Crippen LogP contribution in [0.5, 0.6) is 0 Å². The molecule has 1 aliphatic heterocycles. The predicted molar refractivity (Wildman–Crippen MR) is 158 cm³/mol. The maximum Gasteiger partial charge on any atom is 1.00 e. The number of hydrogen-bond donors (Lipinski definition) is 1. The van der Waals surface area contributed by atoms with Gasteiger partial charge in [0.05, 0.1) is 17.5 Å². The third kappa shape index (κ3) is 11.3. The van der Waals surface area contributed by atoms with Gasteiger partial charge in [0.15, 0.2) is 5.71 Å². The van der Waals surface area contributed by atoms with Crippen molar-refractivity contribution in [2.45, 2.75) is 80.9 Å². The molecule has 3 rings (SSSR count). The largest absolute Gasteiger partial charge is 1.00 e. The molecule has 1 aliphatic rings. The van der Waals surface area contributed by atoms with Crippen LogP contribution in [0.3, 0.4) is 0 Å². The Morgan fingerprint density at radius 2 is 1.95 bits per heavy atom. The summed E-state index contributed by atoms with van der Waals surface area (Å²) in [5.41, 5.74) is 2.87. The molecule has 0 unspecified atom stereocenters. The summed E-state index contributed by atoms with van der Waals surface area (Å²) in [5.74, 6) is -0.710. The standard InChI is InChI=1S/C25H28NO6S2.C6H11O2.Na/c1-6-26-22-14-13-19(33-32-31-27)17-21(22)25(4,5)23(26)12-7-8-15-24(2,3)18-10-9-11-20(16-18)34(28,29)30;1-2-3-4-5-6(7)8;/h7-9,11-14,16-17,27H,6H2,1-5H3,(H,28,29,30);1-5H2,(H,7,8);/q2*-1;+1/p-2/b12-7+;;. The summed E-state index contributed by atoms with van der Waals surface area (Å²) >= 11 is 0.865. The molecule has 0 atom stereocenters. The number of unbranched alkanes of at least 4 members (excludes halogenated alkanes) is 2. The first-order valence-corrected chi connectivity index (χ1v) is 15.5. The summed E-state index contributed by atoms with van der Waals surface area (Å²) < 4.78 is 40.8. The van der Waals surface area contributed by atoms with E-state index in [9.17, 15) is 23.0 Å². The Morgan fingerprint density at radius 1 is 1.26 bits per heavy atom. The summed E-state index contributed by atoms with van der Waals surface area (Å²) in [5, 5.41) is 21.7. The predicted octanol–water partition coefficient (Wildman–Crippen LogP) is 2.38. The van der Waals surface area contributed by atoms with Crippen LogP contribution in [0.15, 0.2) is 64.4 Å². The van der Waals surface area contributed by atoms with E-state index in [1.54, 1.807) is 6.08 Å². The zero-order valence-corrected chi connectivity index (χ0v) is 29.1. The van der Waals surface area contributed by atoms with Crippen LogP contribution >= 0.6 is 12.0 Å². The molecule has 0 bridgehead atoms. The van der Waals surface area contributed by atoms with Crippen molar-refractivity contribution in [1.29, 1.82) is 0 Å². The van der Waals surface area contributed by atoms with E-state index in [4.69, 9.17) is 5.11 Å². The average molecular weight is 639 g/mol. The third-order valence-corrected chi connectivity index (χ3v) is 8.16. The summed E-state index contributed by atoms with van der Waals surface area (Å²) in [7, 11) is -4.54. The molecule has 1 heterocycles. The van der Waals surface area contributed by atoms with Crippen molar-refractivity contribution in [2.75, 3.05) is 6.54 Å². The molecule has 2 aromatic carbocycles. The molecular formula is C31H37NNaO8S2-3. The summed E-state index contributed by atoms with van der Waals surface area (Å²) in [6.07, 6.45) is 11.8. The van der Waals surface area contributed by atoms with E-state index in [2.05, 4.69) is 53.8 Å². The summed E-state index contributed by atoms with van der Waals surface area (Å²) in [6.45, 7) is 14.4. The van der Waals surface area contributed by atoms with E-state index in [1.807, 2.05) is 44.2 Å². The number of benzene rings is 2. The molecule has 0 radical (unpaired) electrons. The Balaban J connectivity index is 0.000000903. The molecule has 0 saturated carbocycles. The molecule has 230 valence electrons. The molecule has 2 aromatic rings. The third-order valence-electron chi connectivity index (χ3n) is 6.76. The Kier molecular flexibility index (Phi) is 16.1. The van der Waals surface area contributed by atoms with Crippen LogP contribution < -0.4 is 34.8 Å². The summed E-state index contributed by atoms with van der Waals surface area (Å²) in [6, 6.07) is 12.9. The first-order chi connectivity index (χ1) is 19.7. The maximum atomic E-state index is 11.4. The fourth-order valence-corrected chi connectivity index (χ4v) is 5.38. The van der Waals surface area contributed by atoms with Crippen molar-refractivity contribution < 1.29 is 71.6 Å². The van der Waals surface area contributed by atoms with Crippen LogP contribution in [-0.2, 0) is 35.1 Å².